The standard InChI is InChI=1S/C20H23N3O3.C2HF3O2/c24-19(23-9-5-21-6-10-23)16-12-14-11-13-3-1-7-22-8-2-4-15(17(13)22)18(14)26-20(16)25;3-2(4,5)1(6)7/h11-12,21H,1-10H2;(H,6,7). The maximum absolute atomic E-state index is 12.8. The van der Waals surface area contributed by atoms with Crippen molar-refractivity contribution in [1.29, 1.82) is 0 Å². The summed E-state index contributed by atoms with van der Waals surface area (Å²) in [5.74, 6) is -3.20. The summed E-state index contributed by atoms with van der Waals surface area (Å²) in [5, 5.41) is 11.9. The van der Waals surface area contributed by atoms with Crippen molar-refractivity contribution in [2.24, 2.45) is 0 Å². The van der Waals surface area contributed by atoms with Gasteiger partial charge in [0.2, 0.25) is 0 Å². The summed E-state index contributed by atoms with van der Waals surface area (Å²) in [5.41, 5.74) is 4.13. The van der Waals surface area contributed by atoms with Crippen molar-refractivity contribution in [3.05, 3.63) is 39.2 Å². The second-order valence-corrected chi connectivity index (χ2v) is 8.37. The van der Waals surface area contributed by atoms with Crippen LogP contribution >= 0.6 is 0 Å². The Hall–Kier alpha value is -3.08. The minimum Gasteiger partial charge on any atom is -0.542 e. The molecule has 0 spiro atoms. The highest BCUT2D eigenvalue weighted by molar-refractivity contribution is 5.98. The van der Waals surface area contributed by atoms with Gasteiger partial charge < -0.3 is 29.4 Å². The normalized spacial score (nSPS) is 17.8. The lowest BCUT2D eigenvalue weighted by molar-refractivity contribution is -0.661. The lowest BCUT2D eigenvalue weighted by Gasteiger charge is -2.37. The van der Waals surface area contributed by atoms with Crippen LogP contribution in [0.3, 0.4) is 0 Å². The van der Waals surface area contributed by atoms with Gasteiger partial charge in [-0.3, -0.25) is 4.79 Å². The zero-order valence-corrected chi connectivity index (χ0v) is 17.9. The molecule has 2 N–H and O–H groups in total. The number of amides is 1. The van der Waals surface area contributed by atoms with Crippen molar-refractivity contribution >= 4 is 28.5 Å². The number of rotatable bonds is 1. The van der Waals surface area contributed by atoms with Crippen molar-refractivity contribution < 1.29 is 37.6 Å². The Balaban J connectivity index is 0.000000325. The highest BCUT2D eigenvalue weighted by Crippen LogP contribution is 2.39. The number of nitrogens with zero attached hydrogens (tertiary/aromatic N) is 2. The average Bonchev–Trinajstić information content (AvgIpc) is 2.79. The number of fused-ring (bicyclic) bond motifs is 2. The van der Waals surface area contributed by atoms with E-state index in [1.165, 1.54) is 11.3 Å². The Morgan fingerprint density at radius 1 is 1.03 bits per heavy atom. The predicted octanol–water partition coefficient (Wildman–Crippen LogP) is -0.190. The molecule has 0 radical (unpaired) electrons. The van der Waals surface area contributed by atoms with Crippen LogP contribution in [0, 0.1) is 0 Å². The summed E-state index contributed by atoms with van der Waals surface area (Å²) in [6.07, 6.45) is -0.960. The van der Waals surface area contributed by atoms with Gasteiger partial charge in [0.05, 0.1) is 26.2 Å². The third-order valence-electron chi connectivity index (χ3n) is 6.17. The number of halogens is 3. The summed E-state index contributed by atoms with van der Waals surface area (Å²) in [6.45, 7) is 5.30. The van der Waals surface area contributed by atoms with E-state index in [0.29, 0.717) is 18.7 Å². The first-order chi connectivity index (χ1) is 15.7. The zero-order valence-electron chi connectivity index (χ0n) is 17.9. The van der Waals surface area contributed by atoms with Crippen LogP contribution in [0.1, 0.15) is 34.3 Å². The Kier molecular flexibility index (Phi) is 6.33. The number of carboxylic acid groups (broad SMARTS) is 1. The molecule has 3 aliphatic heterocycles. The summed E-state index contributed by atoms with van der Waals surface area (Å²) >= 11 is 0. The Labute approximate surface area is 186 Å². The Bertz CT molecular complexity index is 1140. The monoisotopic (exact) mass is 467 g/mol. The first kappa shape index (κ1) is 23.1. The van der Waals surface area contributed by atoms with Gasteiger partial charge in [0.25, 0.3) is 5.91 Å². The van der Waals surface area contributed by atoms with Crippen molar-refractivity contribution in [3.8, 4) is 0 Å². The van der Waals surface area contributed by atoms with Crippen molar-refractivity contribution in [2.75, 3.05) is 44.2 Å². The summed E-state index contributed by atoms with van der Waals surface area (Å²) in [7, 11) is 0. The Morgan fingerprint density at radius 2 is 1.67 bits per heavy atom. The fourth-order valence-electron chi connectivity index (χ4n) is 4.72. The topological polar surface area (TPSA) is 110 Å². The summed E-state index contributed by atoms with van der Waals surface area (Å²) in [6, 6.07) is 3.90. The number of anilines is 1. The van der Waals surface area contributed by atoms with Crippen LogP contribution in [0.15, 0.2) is 21.3 Å². The number of alkyl halides is 3. The number of aryl methyl sites for hydroxylation is 2. The molecule has 1 amide bonds. The van der Waals surface area contributed by atoms with Gasteiger partial charge in [0.15, 0.2) is 0 Å². The zero-order chi connectivity index (χ0) is 23.8. The Morgan fingerprint density at radius 3 is 2.30 bits per heavy atom. The fraction of sp³-hybridized carbons (Fsp3) is 0.500. The summed E-state index contributed by atoms with van der Waals surface area (Å²) < 4.78 is 37.3. The molecular formula is C22H24F3N3O5. The third-order valence-corrected chi connectivity index (χ3v) is 6.17. The number of hydrogen-bond acceptors (Lipinski definition) is 6. The average molecular weight is 467 g/mol. The minimum absolute atomic E-state index is 0.176. The van der Waals surface area contributed by atoms with Crippen molar-refractivity contribution in [1.82, 2.24) is 4.90 Å². The largest absolute Gasteiger partial charge is 0.542 e. The summed E-state index contributed by atoms with van der Waals surface area (Å²) in [4.78, 5) is 38.4. The van der Waals surface area contributed by atoms with Crippen LogP contribution in [-0.2, 0) is 17.6 Å². The van der Waals surface area contributed by atoms with Crippen LogP contribution in [-0.4, -0.2) is 62.2 Å². The van der Waals surface area contributed by atoms with Gasteiger partial charge in [-0.2, -0.15) is 13.2 Å². The van der Waals surface area contributed by atoms with Gasteiger partial charge in [-0.05, 0) is 43.4 Å². The van der Waals surface area contributed by atoms with Gasteiger partial charge in [-0.25, -0.2) is 4.79 Å². The molecule has 3 aliphatic rings. The number of quaternary nitrogens is 1. The molecule has 0 aliphatic carbocycles. The number of carboxylic acids is 1. The predicted molar refractivity (Wildman–Crippen MR) is 110 cm³/mol. The van der Waals surface area contributed by atoms with E-state index in [4.69, 9.17) is 14.3 Å². The van der Waals surface area contributed by atoms with Gasteiger partial charge >= 0.3 is 11.8 Å². The van der Waals surface area contributed by atoms with Gasteiger partial charge in [0.1, 0.15) is 17.1 Å². The molecule has 11 heteroatoms. The number of benzene rings is 1. The molecule has 5 rings (SSSR count). The van der Waals surface area contributed by atoms with Crippen molar-refractivity contribution in [2.45, 2.75) is 31.9 Å². The van der Waals surface area contributed by atoms with Crippen LogP contribution in [0.2, 0.25) is 0 Å². The number of nitrogens with two attached hydrogens (primary N) is 1. The lowest BCUT2D eigenvalue weighted by atomic mass is 9.90. The molecule has 4 heterocycles. The van der Waals surface area contributed by atoms with E-state index in [1.54, 1.807) is 11.0 Å². The smallest absolute Gasteiger partial charge is 0.430 e. The molecule has 1 saturated heterocycles. The molecule has 0 atom stereocenters. The number of piperazine rings is 1. The van der Waals surface area contributed by atoms with E-state index < -0.39 is 17.8 Å². The fourth-order valence-corrected chi connectivity index (χ4v) is 4.72. The van der Waals surface area contributed by atoms with E-state index in [2.05, 4.69) is 16.3 Å². The van der Waals surface area contributed by atoms with E-state index in [9.17, 15) is 22.8 Å². The van der Waals surface area contributed by atoms with Crippen LogP contribution in [0.4, 0.5) is 18.9 Å². The van der Waals surface area contributed by atoms with Gasteiger partial charge in [-0.1, -0.05) is 0 Å². The second kappa shape index (κ2) is 9.05. The van der Waals surface area contributed by atoms with Crippen LogP contribution in [0.25, 0.3) is 11.0 Å². The molecule has 8 nitrogen and oxygen atoms in total. The number of hydrogen-bond donors (Lipinski definition) is 1. The first-order valence-electron chi connectivity index (χ1n) is 10.9. The number of aliphatic carboxylic acids is 1. The molecule has 0 unspecified atom stereocenters. The van der Waals surface area contributed by atoms with Crippen LogP contribution in [0.5, 0.6) is 0 Å². The molecule has 178 valence electrons. The van der Waals surface area contributed by atoms with E-state index in [1.807, 2.05) is 0 Å². The maximum Gasteiger partial charge on any atom is 0.430 e. The van der Waals surface area contributed by atoms with Gasteiger partial charge in [-0.15, -0.1) is 0 Å². The molecule has 0 saturated carbocycles. The maximum atomic E-state index is 12.8. The molecular weight excluding hydrogens is 443 g/mol. The molecule has 2 aromatic rings. The van der Waals surface area contributed by atoms with E-state index in [-0.39, 0.29) is 11.5 Å². The molecule has 33 heavy (non-hydrogen) atoms. The molecule has 1 aromatic carbocycles. The van der Waals surface area contributed by atoms with Gasteiger partial charge in [0, 0.05) is 29.7 Å². The lowest BCUT2D eigenvalue weighted by Crippen LogP contribution is -2.89. The molecule has 0 bridgehead atoms. The quantitative estimate of drug-likeness (QED) is 0.583. The SMILES string of the molecule is O=C([O-])C(F)(F)F.O=C(c1cc2cc3c4c(c2oc1=O)CCCN4CCC3)N1CC[NH2+]CC1. The highest BCUT2D eigenvalue weighted by atomic mass is 19.4. The second-order valence-electron chi connectivity index (χ2n) is 8.37. The molecule has 1 fully saturated rings. The molecule has 1 aromatic heterocycles. The third kappa shape index (κ3) is 4.68. The first-order valence-corrected chi connectivity index (χ1v) is 10.9. The van der Waals surface area contributed by atoms with Crippen molar-refractivity contribution in [3.63, 3.8) is 0 Å². The number of carbonyl (C=O) groups is 2. The number of carbonyl (C=O) groups excluding carboxylic acids is 2. The van der Waals surface area contributed by atoms with Crippen LogP contribution < -0.4 is 20.9 Å². The van der Waals surface area contributed by atoms with E-state index >= 15 is 0 Å². The minimum atomic E-state index is -5.19. The highest BCUT2D eigenvalue weighted by Gasteiger charge is 2.30. The van der Waals surface area contributed by atoms with E-state index in [0.717, 1.165) is 62.8 Å².